The molecule has 4 aromatic rings. The molecule has 7 heteroatoms. The van der Waals surface area contributed by atoms with Crippen LogP contribution in [0.4, 0.5) is 0 Å². The molecule has 0 fully saturated rings. The molecule has 206 valence electrons. The number of amides is 1. The fraction of sp³-hybridized carbons (Fsp3) is 0.242. The Hall–Kier alpha value is -3.84. The largest absolute Gasteiger partial charge is 0.497 e. The van der Waals surface area contributed by atoms with Crippen LogP contribution in [0.15, 0.2) is 91.0 Å². The number of methoxy groups -OCH3 is 2. The molecule has 5 rings (SSSR count). The lowest BCUT2D eigenvalue weighted by Gasteiger charge is -2.41. The summed E-state index contributed by atoms with van der Waals surface area (Å²) >= 11 is 6.18. The lowest BCUT2D eigenvalue weighted by Crippen LogP contribution is -2.45. The van der Waals surface area contributed by atoms with Gasteiger partial charge in [-0.05, 0) is 83.6 Å². The molecule has 2 atom stereocenters. The molecule has 4 aromatic carbocycles. The maximum Gasteiger partial charge on any atom is 0.251 e. The highest BCUT2D eigenvalue weighted by Crippen LogP contribution is 2.41. The number of benzene rings is 4. The molecule has 0 bridgehead atoms. The van der Waals surface area contributed by atoms with Crippen LogP contribution in [0.5, 0.6) is 11.5 Å². The van der Waals surface area contributed by atoms with Gasteiger partial charge in [-0.1, -0.05) is 66.2 Å². The third-order valence-corrected chi connectivity index (χ3v) is 7.58. The molecule has 1 heterocycles. The Kier molecular flexibility index (Phi) is 7.86. The molecular formula is C33H32ClNO5. The van der Waals surface area contributed by atoms with Crippen LogP contribution < -0.4 is 9.47 Å². The molecule has 0 spiro atoms. The maximum absolute atomic E-state index is 13.6. The Morgan fingerprint density at radius 3 is 2.02 bits per heavy atom. The van der Waals surface area contributed by atoms with E-state index in [0.717, 1.165) is 39.1 Å². The van der Waals surface area contributed by atoms with Crippen LogP contribution in [-0.2, 0) is 21.7 Å². The van der Waals surface area contributed by atoms with Crippen LogP contribution in [0.2, 0.25) is 5.02 Å². The first-order valence-electron chi connectivity index (χ1n) is 13.1. The number of aliphatic hydroxyl groups is 1. The van der Waals surface area contributed by atoms with E-state index in [1.54, 1.807) is 14.2 Å². The third kappa shape index (κ3) is 5.56. The van der Waals surface area contributed by atoms with Crippen molar-refractivity contribution in [2.24, 2.45) is 0 Å². The van der Waals surface area contributed by atoms with Crippen LogP contribution in [-0.4, -0.2) is 30.3 Å². The quantitative estimate of drug-likeness (QED) is 0.259. The van der Waals surface area contributed by atoms with Crippen LogP contribution in [0.3, 0.4) is 0 Å². The number of carbonyl (C=O) groups is 1. The predicted octanol–water partition coefficient (Wildman–Crippen LogP) is 6.78. The highest BCUT2D eigenvalue weighted by molar-refractivity contribution is 6.30. The van der Waals surface area contributed by atoms with E-state index in [1.807, 2.05) is 105 Å². The number of carbonyl (C=O) groups excluding carboxylic acids is 1. The van der Waals surface area contributed by atoms with E-state index < -0.39 is 17.7 Å². The van der Waals surface area contributed by atoms with Gasteiger partial charge in [-0.2, -0.15) is 0 Å². The minimum atomic E-state index is -0.853. The van der Waals surface area contributed by atoms with Crippen molar-refractivity contribution in [2.75, 3.05) is 14.2 Å². The summed E-state index contributed by atoms with van der Waals surface area (Å²) in [6, 6.07) is 27.7. The van der Waals surface area contributed by atoms with Crippen molar-refractivity contribution >= 4 is 17.5 Å². The summed E-state index contributed by atoms with van der Waals surface area (Å²) in [5.41, 5.74) is 4.28. The van der Waals surface area contributed by atoms with E-state index in [-0.39, 0.29) is 12.3 Å². The number of halogens is 1. The van der Waals surface area contributed by atoms with Crippen molar-refractivity contribution in [3.05, 3.63) is 129 Å². The van der Waals surface area contributed by atoms with Crippen molar-refractivity contribution in [1.82, 2.24) is 5.06 Å². The number of hydrogen-bond acceptors (Lipinski definition) is 5. The lowest BCUT2D eigenvalue weighted by atomic mass is 9.88. The molecule has 0 aromatic heterocycles. The van der Waals surface area contributed by atoms with Gasteiger partial charge in [0.1, 0.15) is 29.2 Å². The van der Waals surface area contributed by atoms with Gasteiger partial charge in [0.25, 0.3) is 5.91 Å². The molecule has 1 unspecified atom stereocenters. The Morgan fingerprint density at radius 1 is 0.850 bits per heavy atom. The van der Waals surface area contributed by atoms with Gasteiger partial charge in [-0.3, -0.25) is 9.63 Å². The van der Waals surface area contributed by atoms with Crippen LogP contribution in [0.1, 0.15) is 59.4 Å². The minimum absolute atomic E-state index is 0.152. The Bertz CT molecular complexity index is 1480. The second-order valence-corrected chi connectivity index (χ2v) is 10.8. The second kappa shape index (κ2) is 11.3. The highest BCUT2D eigenvalue weighted by atomic mass is 35.5. The number of ether oxygens (including phenoxy) is 2. The molecule has 0 saturated heterocycles. The lowest BCUT2D eigenvalue weighted by molar-refractivity contribution is -0.249. The summed E-state index contributed by atoms with van der Waals surface area (Å²) in [5.74, 6) is 1.28. The van der Waals surface area contributed by atoms with E-state index >= 15 is 0 Å². The van der Waals surface area contributed by atoms with E-state index in [1.165, 1.54) is 5.06 Å². The zero-order valence-electron chi connectivity index (χ0n) is 22.9. The number of fused-ring (bicyclic) bond motifs is 1. The van der Waals surface area contributed by atoms with Gasteiger partial charge in [0.2, 0.25) is 0 Å². The van der Waals surface area contributed by atoms with E-state index in [2.05, 4.69) is 0 Å². The van der Waals surface area contributed by atoms with E-state index in [0.29, 0.717) is 10.8 Å². The molecule has 1 aliphatic rings. The summed E-state index contributed by atoms with van der Waals surface area (Å²) in [7, 11) is 3.22. The van der Waals surface area contributed by atoms with Crippen LogP contribution in [0.25, 0.3) is 0 Å². The number of aliphatic hydroxyl groups excluding tert-OH is 1. The summed E-state index contributed by atoms with van der Waals surface area (Å²) in [6.07, 6.45) is -0.588. The van der Waals surface area contributed by atoms with E-state index in [4.69, 9.17) is 25.9 Å². The molecule has 0 aliphatic carbocycles. The van der Waals surface area contributed by atoms with Crippen molar-refractivity contribution in [2.45, 2.75) is 38.0 Å². The summed E-state index contributed by atoms with van der Waals surface area (Å²) in [4.78, 5) is 20.1. The molecule has 1 amide bonds. The van der Waals surface area contributed by atoms with Gasteiger partial charge in [-0.25, -0.2) is 5.06 Å². The summed E-state index contributed by atoms with van der Waals surface area (Å²) in [6.45, 7) is 3.86. The average Bonchev–Trinajstić information content (AvgIpc) is 2.97. The molecular weight excluding hydrogens is 526 g/mol. The molecule has 1 aliphatic heterocycles. The first-order chi connectivity index (χ1) is 19.2. The molecule has 6 nitrogen and oxygen atoms in total. The predicted molar refractivity (Wildman–Crippen MR) is 154 cm³/mol. The fourth-order valence-electron chi connectivity index (χ4n) is 5.05. The number of hydrogen-bond donors (Lipinski definition) is 1. The van der Waals surface area contributed by atoms with Crippen molar-refractivity contribution in [3.8, 4) is 11.5 Å². The van der Waals surface area contributed by atoms with Crippen LogP contribution in [0, 0.1) is 0 Å². The van der Waals surface area contributed by atoms with Gasteiger partial charge in [0.05, 0.1) is 20.6 Å². The van der Waals surface area contributed by atoms with Gasteiger partial charge in [-0.15, -0.1) is 0 Å². The van der Waals surface area contributed by atoms with Crippen LogP contribution >= 0.6 is 11.6 Å². The first kappa shape index (κ1) is 27.7. The average molecular weight is 558 g/mol. The zero-order chi connectivity index (χ0) is 28.4. The Balaban J connectivity index is 1.43. The zero-order valence-corrected chi connectivity index (χ0v) is 23.7. The Labute approximate surface area is 239 Å². The topological polar surface area (TPSA) is 68.2 Å². The SMILES string of the molecule is COc1ccc(C(O)c2ccc(C(C)(C)ON3C(=O)Cc4cc(OC)ccc4[C@@H]3c3ccc(Cl)cc3)cc2)cc1. The molecule has 0 radical (unpaired) electrons. The number of rotatable bonds is 8. The van der Waals surface area contributed by atoms with Crippen molar-refractivity contribution in [3.63, 3.8) is 0 Å². The normalized spacial score (nSPS) is 15.9. The summed E-state index contributed by atoms with van der Waals surface area (Å²) in [5, 5.41) is 13.0. The number of hydroxylamine groups is 2. The van der Waals surface area contributed by atoms with Gasteiger partial charge in [0.15, 0.2) is 0 Å². The molecule has 1 N–H and O–H groups in total. The highest BCUT2D eigenvalue weighted by Gasteiger charge is 2.39. The van der Waals surface area contributed by atoms with Gasteiger partial charge >= 0.3 is 0 Å². The summed E-state index contributed by atoms with van der Waals surface area (Å²) < 4.78 is 10.6. The standard InChI is InChI=1S/C33H32ClNO5/c1-33(2,25-11-5-22(6-12-25)32(37)23-9-15-27(38-3)16-10-23)40-35-30(36)20-24-19-28(39-4)17-18-29(24)31(35)21-7-13-26(34)14-8-21/h5-19,31-32,37H,20H2,1-4H3/t31-,32?/m0/s1. The Morgan fingerprint density at radius 2 is 1.43 bits per heavy atom. The van der Waals surface area contributed by atoms with Gasteiger partial charge < -0.3 is 14.6 Å². The van der Waals surface area contributed by atoms with Crippen molar-refractivity contribution < 1.29 is 24.2 Å². The monoisotopic (exact) mass is 557 g/mol. The fourth-order valence-corrected chi connectivity index (χ4v) is 5.17. The maximum atomic E-state index is 13.6. The van der Waals surface area contributed by atoms with Gasteiger partial charge in [0, 0.05) is 5.02 Å². The smallest absolute Gasteiger partial charge is 0.251 e. The number of nitrogens with zero attached hydrogens (tertiary/aromatic N) is 1. The molecule has 40 heavy (non-hydrogen) atoms. The van der Waals surface area contributed by atoms with E-state index in [9.17, 15) is 9.90 Å². The second-order valence-electron chi connectivity index (χ2n) is 10.3. The molecule has 0 saturated carbocycles. The minimum Gasteiger partial charge on any atom is -0.497 e. The van der Waals surface area contributed by atoms with Crippen molar-refractivity contribution in [1.29, 1.82) is 0 Å². The first-order valence-corrected chi connectivity index (χ1v) is 13.4. The third-order valence-electron chi connectivity index (χ3n) is 7.33.